The van der Waals surface area contributed by atoms with E-state index in [1.807, 2.05) is 11.3 Å². The van der Waals surface area contributed by atoms with Crippen LogP contribution in [0.2, 0.25) is 0 Å². The van der Waals surface area contributed by atoms with Crippen LogP contribution in [-0.4, -0.2) is 0 Å². The predicted octanol–water partition coefficient (Wildman–Crippen LogP) is 8.93. The van der Waals surface area contributed by atoms with E-state index in [4.69, 9.17) is 12.2 Å². The lowest BCUT2D eigenvalue weighted by molar-refractivity contribution is 0.685. The molecule has 162 valence electrons. The Balaban J connectivity index is 1.56. The van der Waals surface area contributed by atoms with Crippen LogP contribution in [0, 0.1) is 0 Å². The first kappa shape index (κ1) is 21.2. The molecule has 0 saturated heterocycles. The Hall–Kier alpha value is -2.38. The van der Waals surface area contributed by atoms with Crippen molar-refractivity contribution in [1.82, 2.24) is 0 Å². The summed E-state index contributed by atoms with van der Waals surface area (Å²) in [6.45, 7) is -2.14. The van der Waals surface area contributed by atoms with Gasteiger partial charge in [0.15, 0.2) is 0 Å². The summed E-state index contributed by atoms with van der Waals surface area (Å²) in [4.78, 5) is 1.37. The molecule has 1 fully saturated rings. The van der Waals surface area contributed by atoms with Gasteiger partial charge in [-0.3, -0.25) is 0 Å². The number of rotatable bonds is 4. The predicted molar refractivity (Wildman–Crippen MR) is 149 cm³/mol. The molecular formula is C30H25PS2. The molecule has 1 atom stereocenters. The molecule has 6 rings (SSSR count). The summed E-state index contributed by atoms with van der Waals surface area (Å²) in [5.74, 6) is 0. The highest BCUT2D eigenvalue weighted by atomic mass is 32.7. The Morgan fingerprint density at radius 2 is 1.15 bits per heavy atom. The third kappa shape index (κ3) is 3.56. The maximum Gasteiger partial charge on any atom is 0.104 e. The monoisotopic (exact) mass is 480 g/mol. The Bertz CT molecular complexity index is 1330. The number of fused-ring (bicyclic) bond motifs is 1. The van der Waals surface area contributed by atoms with Gasteiger partial charge in [-0.2, -0.15) is 0 Å². The third-order valence-corrected chi connectivity index (χ3v) is 12.9. The van der Waals surface area contributed by atoms with Crippen molar-refractivity contribution in [3.63, 3.8) is 0 Å². The van der Waals surface area contributed by atoms with E-state index in [2.05, 4.69) is 102 Å². The van der Waals surface area contributed by atoms with E-state index in [0.29, 0.717) is 0 Å². The van der Waals surface area contributed by atoms with Crippen molar-refractivity contribution < 1.29 is 0 Å². The highest BCUT2D eigenvalue weighted by Gasteiger charge is 2.48. The van der Waals surface area contributed by atoms with Crippen molar-refractivity contribution in [2.45, 2.75) is 25.7 Å². The summed E-state index contributed by atoms with van der Waals surface area (Å²) in [6.07, 6.45) is 4.81. The summed E-state index contributed by atoms with van der Waals surface area (Å²) < 4.78 is 0. The van der Waals surface area contributed by atoms with Crippen molar-refractivity contribution in [2.24, 2.45) is 0 Å². The molecule has 2 heterocycles. The molecule has 2 aliphatic rings. The molecule has 1 saturated carbocycles. The molecule has 1 aliphatic heterocycles. The molecule has 3 aromatic carbocycles. The first-order valence-corrected chi connectivity index (χ1v) is 15.3. The third-order valence-electron chi connectivity index (χ3n) is 6.81. The maximum absolute atomic E-state index is 6.85. The van der Waals surface area contributed by atoms with Crippen LogP contribution in [0.5, 0.6) is 0 Å². The average molecular weight is 481 g/mol. The van der Waals surface area contributed by atoms with Crippen LogP contribution in [0.3, 0.4) is 0 Å². The average Bonchev–Trinajstić information content (AvgIpc) is 3.49. The molecule has 1 aliphatic carbocycles. The minimum Gasteiger partial charge on any atom is -0.540 e. The Labute approximate surface area is 206 Å². The smallest absolute Gasteiger partial charge is 0.104 e. The summed E-state index contributed by atoms with van der Waals surface area (Å²) in [6, 6.07) is 35.2. The quantitative estimate of drug-likeness (QED) is 0.207. The van der Waals surface area contributed by atoms with Crippen LogP contribution in [0.1, 0.15) is 36.1 Å². The summed E-state index contributed by atoms with van der Waals surface area (Å²) in [5.41, 5.74) is 6.92. The van der Waals surface area contributed by atoms with Crippen LogP contribution < -0.4 is 5.30 Å². The molecular weight excluding hydrogens is 455 g/mol. The fourth-order valence-corrected chi connectivity index (χ4v) is 11.9. The van der Waals surface area contributed by atoms with Gasteiger partial charge in [0.05, 0.1) is 15.5 Å². The number of hydrogen-bond acceptors (Lipinski definition) is 2. The molecule has 3 heteroatoms. The Kier molecular flexibility index (Phi) is 5.62. The minimum absolute atomic E-state index is 1.14. The second kappa shape index (κ2) is 8.76. The standard InChI is InChI=1S/C30H25PS2/c32-31(25-12-5-2-6-13-25)29(24-19-17-23(18-20-24)22-10-3-1-4-11-22)26-14-7-8-15-27(26)30(31)28-16-9-21-33-28/h1-6,9-13,16-21H,7-8,14-15H2. The lowest BCUT2D eigenvalue weighted by Gasteiger charge is -2.34. The number of benzene rings is 3. The molecule has 0 nitrogen and oxygen atoms in total. The number of hydrogen-bond donors (Lipinski definition) is 0. The zero-order chi connectivity index (χ0) is 22.3. The van der Waals surface area contributed by atoms with Crippen molar-refractivity contribution in [3.05, 3.63) is 124 Å². The van der Waals surface area contributed by atoms with Gasteiger partial charge in [-0.25, -0.2) is 0 Å². The molecule has 0 bridgehead atoms. The highest BCUT2D eigenvalue weighted by Crippen LogP contribution is 2.82. The van der Waals surface area contributed by atoms with Crippen LogP contribution in [0.15, 0.2) is 114 Å². The van der Waals surface area contributed by atoms with E-state index in [-0.39, 0.29) is 0 Å². The van der Waals surface area contributed by atoms with Gasteiger partial charge in [-0.05, 0) is 66.9 Å². The molecule has 0 spiro atoms. The summed E-state index contributed by atoms with van der Waals surface area (Å²) >= 11 is 8.70. The van der Waals surface area contributed by atoms with Gasteiger partial charge in [-0.1, -0.05) is 78.9 Å². The van der Waals surface area contributed by atoms with E-state index in [9.17, 15) is 0 Å². The van der Waals surface area contributed by atoms with E-state index in [1.165, 1.54) is 50.3 Å². The lowest BCUT2D eigenvalue weighted by Crippen LogP contribution is -2.10. The van der Waals surface area contributed by atoms with Crippen LogP contribution in [-0.2, 0) is 12.2 Å². The normalized spacial score (nSPS) is 20.3. The first-order chi connectivity index (χ1) is 16.3. The minimum atomic E-state index is -2.14. The van der Waals surface area contributed by atoms with Crippen molar-refractivity contribution >= 4 is 46.0 Å². The Morgan fingerprint density at radius 1 is 0.576 bits per heavy atom. The zero-order valence-electron chi connectivity index (χ0n) is 18.4. The van der Waals surface area contributed by atoms with Crippen LogP contribution in [0.25, 0.3) is 21.8 Å². The van der Waals surface area contributed by atoms with E-state index in [1.54, 1.807) is 11.1 Å². The van der Waals surface area contributed by atoms with E-state index >= 15 is 0 Å². The SMILES string of the molecule is [S-][P+]1(c2ccccc2)C(c2ccc(-c3ccccc3)cc2)=C2CCCCC2=C1c1cccs1. The van der Waals surface area contributed by atoms with Gasteiger partial charge in [0.2, 0.25) is 0 Å². The molecule has 0 N–H and O–H groups in total. The molecule has 4 aromatic rings. The summed E-state index contributed by atoms with van der Waals surface area (Å²) in [7, 11) is 0. The largest absolute Gasteiger partial charge is 0.540 e. The van der Waals surface area contributed by atoms with Gasteiger partial charge < -0.3 is 12.2 Å². The first-order valence-electron chi connectivity index (χ1n) is 11.6. The lowest BCUT2D eigenvalue weighted by atomic mass is 9.87. The van der Waals surface area contributed by atoms with E-state index in [0.717, 1.165) is 12.8 Å². The van der Waals surface area contributed by atoms with Gasteiger partial charge in [-0.15, -0.1) is 11.3 Å². The molecule has 0 amide bonds. The highest BCUT2D eigenvalue weighted by molar-refractivity contribution is 8.53. The fourth-order valence-electron chi connectivity index (χ4n) is 5.34. The van der Waals surface area contributed by atoms with Gasteiger partial charge in [0.25, 0.3) is 0 Å². The second-order valence-electron chi connectivity index (χ2n) is 8.73. The molecule has 1 aromatic heterocycles. The number of thiophene rings is 1. The maximum atomic E-state index is 6.85. The zero-order valence-corrected chi connectivity index (χ0v) is 20.9. The van der Waals surface area contributed by atoms with Gasteiger partial charge >= 0.3 is 0 Å². The van der Waals surface area contributed by atoms with Crippen molar-refractivity contribution in [1.29, 1.82) is 0 Å². The summed E-state index contributed by atoms with van der Waals surface area (Å²) in [5, 5.41) is 6.43. The topological polar surface area (TPSA) is 0 Å². The van der Waals surface area contributed by atoms with Gasteiger partial charge in [0, 0.05) is 16.7 Å². The van der Waals surface area contributed by atoms with E-state index < -0.39 is 6.46 Å². The Morgan fingerprint density at radius 3 is 1.79 bits per heavy atom. The van der Waals surface area contributed by atoms with Crippen LogP contribution in [0.4, 0.5) is 0 Å². The number of allylic oxidation sites excluding steroid dienone is 2. The van der Waals surface area contributed by atoms with Crippen molar-refractivity contribution in [3.8, 4) is 11.1 Å². The van der Waals surface area contributed by atoms with Crippen LogP contribution >= 0.6 is 17.8 Å². The molecule has 1 unspecified atom stereocenters. The second-order valence-corrected chi connectivity index (χ2v) is 13.9. The molecule has 0 radical (unpaired) electrons. The van der Waals surface area contributed by atoms with Gasteiger partial charge in [0.1, 0.15) is 5.31 Å². The molecule has 33 heavy (non-hydrogen) atoms. The van der Waals surface area contributed by atoms with Crippen molar-refractivity contribution in [2.75, 3.05) is 0 Å². The fraction of sp³-hybridized carbons (Fsp3) is 0.133.